The van der Waals surface area contributed by atoms with Gasteiger partial charge in [0, 0.05) is 20.0 Å². The number of halogens is 1. The van der Waals surface area contributed by atoms with Crippen molar-refractivity contribution in [2.45, 2.75) is 26.8 Å². The summed E-state index contributed by atoms with van der Waals surface area (Å²) in [5, 5.41) is 9.14. The Bertz CT molecular complexity index is 824. The molecular weight excluding hydrogens is 359 g/mol. The van der Waals surface area contributed by atoms with E-state index in [4.69, 9.17) is 4.74 Å². The summed E-state index contributed by atoms with van der Waals surface area (Å²) in [6.07, 6.45) is 0.562. The first-order valence-electron chi connectivity index (χ1n) is 9.23. The second-order valence-corrected chi connectivity index (χ2v) is 6.18. The molecule has 0 fully saturated rings. The average molecular weight is 386 g/mol. The zero-order valence-electron chi connectivity index (χ0n) is 16.5. The molecule has 0 unspecified atom stereocenters. The molecule has 1 amide bonds. The zero-order valence-corrected chi connectivity index (χ0v) is 16.5. The molecule has 0 heterocycles. The molecule has 6 nitrogen and oxygen atoms in total. The van der Waals surface area contributed by atoms with Gasteiger partial charge >= 0.3 is 0 Å². The molecule has 28 heavy (non-hydrogen) atoms. The van der Waals surface area contributed by atoms with Gasteiger partial charge in [0.1, 0.15) is 11.6 Å². The van der Waals surface area contributed by atoms with Crippen LogP contribution in [0.15, 0.2) is 47.5 Å². The van der Waals surface area contributed by atoms with Crippen LogP contribution in [0.25, 0.3) is 0 Å². The molecule has 2 rings (SSSR count). The molecule has 2 aromatic rings. The summed E-state index contributed by atoms with van der Waals surface area (Å²) in [6.45, 7) is 5.13. The van der Waals surface area contributed by atoms with E-state index in [0.29, 0.717) is 49.0 Å². The number of carbonyl (C=O) groups excluding carboxylic acids is 1. The van der Waals surface area contributed by atoms with Crippen LogP contribution in [-0.4, -0.2) is 32.1 Å². The molecule has 0 aliphatic rings. The van der Waals surface area contributed by atoms with Gasteiger partial charge in [0.25, 0.3) is 0 Å². The standard InChI is InChI=1S/C21H27FN4O2/c1-4-23-21(24-12-11-17-7-5-6-8-18(17)22)25-14-16-9-10-20(28-3)19(13-16)26-15(2)27/h5-10,13H,4,11-12,14H2,1-3H3,(H,26,27)(H2,23,24,25). The van der Waals surface area contributed by atoms with Crippen LogP contribution < -0.4 is 20.7 Å². The highest BCUT2D eigenvalue weighted by atomic mass is 19.1. The minimum Gasteiger partial charge on any atom is -0.495 e. The van der Waals surface area contributed by atoms with E-state index in [1.807, 2.05) is 25.1 Å². The van der Waals surface area contributed by atoms with Crippen LogP contribution in [0, 0.1) is 5.82 Å². The summed E-state index contributed by atoms with van der Waals surface area (Å²) in [4.78, 5) is 15.9. The van der Waals surface area contributed by atoms with Crippen molar-refractivity contribution < 1.29 is 13.9 Å². The fourth-order valence-electron chi connectivity index (χ4n) is 2.67. The van der Waals surface area contributed by atoms with Gasteiger partial charge in [-0.05, 0) is 42.7 Å². The molecule has 0 saturated heterocycles. The Balaban J connectivity index is 2.01. The molecule has 0 aromatic heterocycles. The van der Waals surface area contributed by atoms with Crippen LogP contribution in [-0.2, 0) is 17.8 Å². The van der Waals surface area contributed by atoms with E-state index in [1.54, 1.807) is 25.3 Å². The van der Waals surface area contributed by atoms with Crippen LogP contribution in [0.4, 0.5) is 10.1 Å². The highest BCUT2D eigenvalue weighted by Crippen LogP contribution is 2.25. The number of ether oxygens (including phenoxy) is 1. The van der Waals surface area contributed by atoms with E-state index in [-0.39, 0.29) is 11.7 Å². The fourth-order valence-corrected chi connectivity index (χ4v) is 2.67. The molecule has 0 atom stereocenters. The number of guanidine groups is 1. The Hall–Kier alpha value is -3.09. The number of amides is 1. The molecule has 150 valence electrons. The van der Waals surface area contributed by atoms with E-state index < -0.39 is 0 Å². The van der Waals surface area contributed by atoms with Gasteiger partial charge < -0.3 is 20.7 Å². The van der Waals surface area contributed by atoms with Crippen molar-refractivity contribution in [2.75, 3.05) is 25.5 Å². The predicted octanol–water partition coefficient (Wildman–Crippen LogP) is 3.09. The van der Waals surface area contributed by atoms with Crippen molar-refractivity contribution >= 4 is 17.6 Å². The van der Waals surface area contributed by atoms with Gasteiger partial charge in [0.05, 0.1) is 19.3 Å². The highest BCUT2D eigenvalue weighted by Gasteiger charge is 2.07. The summed E-state index contributed by atoms with van der Waals surface area (Å²) >= 11 is 0. The number of benzene rings is 2. The van der Waals surface area contributed by atoms with Crippen molar-refractivity contribution in [3.63, 3.8) is 0 Å². The number of nitrogens with zero attached hydrogens (tertiary/aromatic N) is 1. The van der Waals surface area contributed by atoms with Gasteiger partial charge in [-0.1, -0.05) is 24.3 Å². The molecule has 7 heteroatoms. The molecule has 2 aromatic carbocycles. The second-order valence-electron chi connectivity index (χ2n) is 6.18. The van der Waals surface area contributed by atoms with Crippen LogP contribution in [0.1, 0.15) is 25.0 Å². The molecule has 0 bridgehead atoms. The topological polar surface area (TPSA) is 74.8 Å². The van der Waals surface area contributed by atoms with Crippen molar-refractivity contribution in [3.8, 4) is 5.75 Å². The minimum absolute atomic E-state index is 0.165. The molecule has 3 N–H and O–H groups in total. The molecule has 0 spiro atoms. The van der Waals surface area contributed by atoms with Gasteiger partial charge in [-0.15, -0.1) is 0 Å². The van der Waals surface area contributed by atoms with Crippen molar-refractivity contribution in [3.05, 3.63) is 59.4 Å². The molecule has 0 saturated carbocycles. The maximum atomic E-state index is 13.7. The summed E-state index contributed by atoms with van der Waals surface area (Å²) in [5.41, 5.74) is 2.21. The molecule has 0 aliphatic heterocycles. The highest BCUT2D eigenvalue weighted by molar-refractivity contribution is 5.90. The number of hydrogen-bond acceptors (Lipinski definition) is 3. The van der Waals surface area contributed by atoms with E-state index in [1.165, 1.54) is 13.0 Å². The molecular formula is C21H27FN4O2. The van der Waals surface area contributed by atoms with E-state index in [0.717, 1.165) is 5.56 Å². The maximum Gasteiger partial charge on any atom is 0.221 e. The lowest BCUT2D eigenvalue weighted by Crippen LogP contribution is -2.38. The Kier molecular flexibility index (Phi) is 8.27. The number of nitrogens with one attached hydrogen (secondary N) is 3. The quantitative estimate of drug-likeness (QED) is 0.481. The number of rotatable bonds is 8. The van der Waals surface area contributed by atoms with Gasteiger partial charge in [-0.25, -0.2) is 9.38 Å². The third-order valence-electron chi connectivity index (χ3n) is 3.98. The Morgan fingerprint density at radius 3 is 2.64 bits per heavy atom. The third kappa shape index (κ3) is 6.57. The number of methoxy groups -OCH3 is 1. The number of carbonyl (C=O) groups is 1. The summed E-state index contributed by atoms with van der Waals surface area (Å²) in [7, 11) is 1.56. The van der Waals surface area contributed by atoms with Crippen LogP contribution in [0.3, 0.4) is 0 Å². The number of aliphatic imine (C=N–C) groups is 1. The fraction of sp³-hybridized carbons (Fsp3) is 0.333. The summed E-state index contributed by atoms with van der Waals surface area (Å²) < 4.78 is 19.0. The van der Waals surface area contributed by atoms with Crippen molar-refractivity contribution in [1.29, 1.82) is 0 Å². The maximum absolute atomic E-state index is 13.7. The lowest BCUT2D eigenvalue weighted by Gasteiger charge is -2.13. The first kappa shape index (κ1) is 21.2. The molecule has 0 aliphatic carbocycles. The normalized spacial score (nSPS) is 11.1. The zero-order chi connectivity index (χ0) is 20.4. The predicted molar refractivity (Wildman–Crippen MR) is 110 cm³/mol. The van der Waals surface area contributed by atoms with E-state index in [2.05, 4.69) is 20.9 Å². The number of anilines is 1. The van der Waals surface area contributed by atoms with Crippen molar-refractivity contribution in [1.82, 2.24) is 10.6 Å². The van der Waals surface area contributed by atoms with Crippen LogP contribution in [0.5, 0.6) is 5.75 Å². The smallest absolute Gasteiger partial charge is 0.221 e. The van der Waals surface area contributed by atoms with Gasteiger partial charge in [-0.3, -0.25) is 4.79 Å². The Morgan fingerprint density at radius 2 is 1.96 bits per heavy atom. The van der Waals surface area contributed by atoms with E-state index >= 15 is 0 Å². The molecule has 0 radical (unpaired) electrons. The SMILES string of the molecule is CCNC(=NCc1ccc(OC)c(NC(C)=O)c1)NCCc1ccccc1F. The van der Waals surface area contributed by atoms with Crippen molar-refractivity contribution in [2.24, 2.45) is 4.99 Å². The van der Waals surface area contributed by atoms with Gasteiger partial charge in [0.2, 0.25) is 5.91 Å². The first-order valence-corrected chi connectivity index (χ1v) is 9.23. The first-order chi connectivity index (χ1) is 13.5. The van der Waals surface area contributed by atoms with Gasteiger partial charge in [0.15, 0.2) is 5.96 Å². The Morgan fingerprint density at radius 1 is 1.18 bits per heavy atom. The number of hydrogen-bond donors (Lipinski definition) is 3. The lowest BCUT2D eigenvalue weighted by atomic mass is 10.1. The lowest BCUT2D eigenvalue weighted by molar-refractivity contribution is -0.114. The Labute approximate surface area is 165 Å². The van der Waals surface area contributed by atoms with Crippen LogP contribution in [0.2, 0.25) is 0 Å². The van der Waals surface area contributed by atoms with Gasteiger partial charge in [-0.2, -0.15) is 0 Å². The minimum atomic E-state index is -0.199. The summed E-state index contributed by atoms with van der Waals surface area (Å²) in [6, 6.07) is 12.3. The third-order valence-corrected chi connectivity index (χ3v) is 3.98. The second kappa shape index (κ2) is 10.9. The average Bonchev–Trinajstić information content (AvgIpc) is 2.67. The van der Waals surface area contributed by atoms with E-state index in [9.17, 15) is 9.18 Å². The van der Waals surface area contributed by atoms with Crippen LogP contribution >= 0.6 is 0 Å². The monoisotopic (exact) mass is 386 g/mol. The largest absolute Gasteiger partial charge is 0.495 e. The summed E-state index contributed by atoms with van der Waals surface area (Å²) in [5.74, 6) is 0.880.